The number of carbonyl (C=O) groups is 1. The van der Waals surface area contributed by atoms with E-state index in [1.54, 1.807) is 38.4 Å². The lowest BCUT2D eigenvalue weighted by molar-refractivity contribution is 0.0991. The third kappa shape index (κ3) is 3.99. The zero-order valence-electron chi connectivity index (χ0n) is 15.4. The zero-order valence-corrected chi connectivity index (χ0v) is 17.0. The molecule has 152 valence electrons. The quantitative estimate of drug-likeness (QED) is 0.597. The second-order valence-electron chi connectivity index (χ2n) is 6.13. The highest BCUT2D eigenvalue weighted by Crippen LogP contribution is 2.23. The van der Waals surface area contributed by atoms with Crippen molar-refractivity contribution in [2.75, 3.05) is 19.1 Å². The Hall–Kier alpha value is -3.21. The third-order valence-electron chi connectivity index (χ3n) is 3.95. The molecule has 0 saturated heterocycles. The highest BCUT2D eigenvalue weighted by Gasteiger charge is 2.21. The SMILES string of the molecule is CN(C)n1c(COc2ccc(F)c(C(N)=O)c2F)nn(-c2ccc(Br)cc2)c1=O. The van der Waals surface area contributed by atoms with Crippen LogP contribution in [0.2, 0.25) is 0 Å². The molecule has 0 radical (unpaired) electrons. The Morgan fingerprint density at radius 2 is 1.86 bits per heavy atom. The topological polar surface area (TPSA) is 95.4 Å². The summed E-state index contributed by atoms with van der Waals surface area (Å²) in [6, 6.07) is 8.81. The van der Waals surface area contributed by atoms with Crippen molar-refractivity contribution in [3.05, 3.63) is 74.4 Å². The first-order valence-corrected chi connectivity index (χ1v) is 9.05. The minimum absolute atomic E-state index is 0.160. The van der Waals surface area contributed by atoms with Crippen molar-refractivity contribution in [3.63, 3.8) is 0 Å². The van der Waals surface area contributed by atoms with Gasteiger partial charge in [0, 0.05) is 18.6 Å². The van der Waals surface area contributed by atoms with Gasteiger partial charge in [-0.25, -0.2) is 13.6 Å². The summed E-state index contributed by atoms with van der Waals surface area (Å²) < 4.78 is 36.6. The van der Waals surface area contributed by atoms with Gasteiger partial charge in [-0.15, -0.1) is 5.10 Å². The lowest BCUT2D eigenvalue weighted by Gasteiger charge is -2.15. The van der Waals surface area contributed by atoms with Gasteiger partial charge in [-0.05, 0) is 36.4 Å². The third-order valence-corrected chi connectivity index (χ3v) is 4.48. The van der Waals surface area contributed by atoms with Crippen molar-refractivity contribution in [2.24, 2.45) is 5.73 Å². The predicted octanol–water partition coefficient (Wildman–Crippen LogP) is 1.95. The van der Waals surface area contributed by atoms with E-state index in [9.17, 15) is 18.4 Å². The number of benzene rings is 2. The van der Waals surface area contributed by atoms with Gasteiger partial charge in [-0.1, -0.05) is 15.9 Å². The van der Waals surface area contributed by atoms with Gasteiger partial charge < -0.3 is 15.5 Å². The van der Waals surface area contributed by atoms with E-state index in [2.05, 4.69) is 21.0 Å². The van der Waals surface area contributed by atoms with E-state index in [4.69, 9.17) is 10.5 Å². The van der Waals surface area contributed by atoms with Crippen LogP contribution in [0.1, 0.15) is 16.2 Å². The molecule has 0 saturated carbocycles. The molecule has 0 bridgehead atoms. The number of amides is 1. The predicted molar refractivity (Wildman–Crippen MR) is 105 cm³/mol. The molecule has 1 amide bonds. The Morgan fingerprint density at radius 3 is 2.45 bits per heavy atom. The van der Waals surface area contributed by atoms with E-state index in [0.717, 1.165) is 16.6 Å². The molecule has 0 unspecified atom stereocenters. The lowest BCUT2D eigenvalue weighted by atomic mass is 10.1. The van der Waals surface area contributed by atoms with Crippen LogP contribution in [-0.4, -0.2) is 34.5 Å². The van der Waals surface area contributed by atoms with Crippen LogP contribution in [0, 0.1) is 11.6 Å². The molecule has 0 spiro atoms. The Bertz CT molecular complexity index is 1130. The van der Waals surface area contributed by atoms with E-state index in [0.29, 0.717) is 5.69 Å². The number of nitrogens with two attached hydrogens (primary N) is 1. The van der Waals surface area contributed by atoms with Gasteiger partial charge >= 0.3 is 5.69 Å². The summed E-state index contributed by atoms with van der Waals surface area (Å²) in [6.45, 7) is -0.322. The van der Waals surface area contributed by atoms with Crippen LogP contribution < -0.4 is 21.2 Å². The van der Waals surface area contributed by atoms with Gasteiger partial charge in [0.05, 0.1) is 5.69 Å². The molecule has 1 aromatic heterocycles. The second kappa shape index (κ2) is 8.03. The number of nitrogens with zero attached hydrogens (tertiary/aromatic N) is 4. The van der Waals surface area contributed by atoms with E-state index in [-0.39, 0.29) is 12.4 Å². The summed E-state index contributed by atoms with van der Waals surface area (Å²) in [6.07, 6.45) is 0. The summed E-state index contributed by atoms with van der Waals surface area (Å²) >= 11 is 3.32. The van der Waals surface area contributed by atoms with Crippen LogP contribution >= 0.6 is 15.9 Å². The van der Waals surface area contributed by atoms with E-state index < -0.39 is 34.5 Å². The second-order valence-corrected chi connectivity index (χ2v) is 7.05. The number of aromatic nitrogens is 3. The van der Waals surface area contributed by atoms with Gasteiger partial charge in [0.2, 0.25) is 0 Å². The zero-order chi connectivity index (χ0) is 21.3. The molecule has 0 aliphatic heterocycles. The largest absolute Gasteiger partial charge is 0.482 e. The molecule has 29 heavy (non-hydrogen) atoms. The van der Waals surface area contributed by atoms with Crippen molar-refractivity contribution in [1.29, 1.82) is 0 Å². The first kappa shape index (κ1) is 20.5. The highest BCUT2D eigenvalue weighted by molar-refractivity contribution is 9.10. The van der Waals surface area contributed by atoms with Gasteiger partial charge in [-0.2, -0.15) is 9.36 Å². The molecule has 3 aromatic rings. The van der Waals surface area contributed by atoms with Gasteiger partial charge in [0.1, 0.15) is 18.0 Å². The van der Waals surface area contributed by atoms with Crippen LogP contribution in [0.25, 0.3) is 5.69 Å². The normalized spacial score (nSPS) is 10.8. The number of primary amides is 1. The number of ether oxygens (including phenoxy) is 1. The molecule has 11 heteroatoms. The number of rotatable bonds is 6. The summed E-state index contributed by atoms with van der Waals surface area (Å²) in [5.74, 6) is -3.80. The first-order chi connectivity index (χ1) is 13.7. The summed E-state index contributed by atoms with van der Waals surface area (Å²) in [4.78, 5) is 24.0. The van der Waals surface area contributed by atoms with Gasteiger partial charge in [0.25, 0.3) is 5.91 Å². The Kier molecular flexibility index (Phi) is 5.69. The average Bonchev–Trinajstić information content (AvgIpc) is 2.98. The molecule has 8 nitrogen and oxygen atoms in total. The molecular weight excluding hydrogens is 452 g/mol. The molecule has 2 N–H and O–H groups in total. The fraction of sp³-hybridized carbons (Fsp3) is 0.167. The van der Waals surface area contributed by atoms with Crippen molar-refractivity contribution in [1.82, 2.24) is 14.5 Å². The van der Waals surface area contributed by atoms with Crippen LogP contribution in [-0.2, 0) is 6.61 Å². The average molecular weight is 468 g/mol. The minimum atomic E-state index is -1.25. The van der Waals surface area contributed by atoms with E-state index in [1.165, 1.54) is 14.4 Å². The molecule has 1 heterocycles. The van der Waals surface area contributed by atoms with Crippen LogP contribution in [0.4, 0.5) is 8.78 Å². The van der Waals surface area contributed by atoms with Crippen LogP contribution in [0.3, 0.4) is 0 Å². The standard InChI is InChI=1S/C18H16BrF2N5O3/c1-24(2)26-14(23-25(18(26)28)11-5-3-10(19)4-6-11)9-29-13-8-7-12(20)15(16(13)21)17(22)27/h3-8H,9H2,1-2H3,(H2,22,27). The molecule has 3 rings (SSSR count). The van der Waals surface area contributed by atoms with Gasteiger partial charge in [0.15, 0.2) is 17.4 Å². The number of hydrogen-bond acceptors (Lipinski definition) is 5. The molecule has 0 aliphatic rings. The number of halogens is 3. The Labute approximate surface area is 172 Å². The smallest absolute Gasteiger partial charge is 0.369 e. The molecule has 2 aromatic carbocycles. The summed E-state index contributed by atoms with van der Waals surface area (Å²) in [7, 11) is 3.25. The molecule has 0 aliphatic carbocycles. The minimum Gasteiger partial charge on any atom is -0.482 e. The van der Waals surface area contributed by atoms with Crippen molar-refractivity contribution in [3.8, 4) is 11.4 Å². The molecule has 0 atom stereocenters. The van der Waals surface area contributed by atoms with Crippen LogP contribution in [0.5, 0.6) is 5.75 Å². The molecular formula is C18H16BrF2N5O3. The monoisotopic (exact) mass is 467 g/mol. The maximum atomic E-state index is 14.4. The highest BCUT2D eigenvalue weighted by atomic mass is 79.9. The van der Waals surface area contributed by atoms with Crippen molar-refractivity contribution < 1.29 is 18.3 Å². The fourth-order valence-corrected chi connectivity index (χ4v) is 2.92. The summed E-state index contributed by atoms with van der Waals surface area (Å²) in [5, 5.41) is 5.73. The van der Waals surface area contributed by atoms with Crippen LogP contribution in [0.15, 0.2) is 45.7 Å². The first-order valence-electron chi connectivity index (χ1n) is 8.25. The maximum absolute atomic E-state index is 14.4. The number of carbonyl (C=O) groups excluding carboxylic acids is 1. The Morgan fingerprint density at radius 1 is 1.21 bits per heavy atom. The number of hydrogen-bond donors (Lipinski definition) is 1. The fourth-order valence-electron chi connectivity index (χ4n) is 2.66. The van der Waals surface area contributed by atoms with Crippen molar-refractivity contribution >= 4 is 21.8 Å². The van der Waals surface area contributed by atoms with Crippen molar-refractivity contribution in [2.45, 2.75) is 6.61 Å². The lowest BCUT2D eigenvalue weighted by Crippen LogP contribution is -2.38. The van der Waals surface area contributed by atoms with E-state index in [1.807, 2.05) is 0 Å². The van der Waals surface area contributed by atoms with Gasteiger partial charge in [-0.3, -0.25) is 4.79 Å². The summed E-state index contributed by atoms with van der Waals surface area (Å²) in [5.41, 5.74) is 4.17. The Balaban J connectivity index is 1.97. The molecule has 0 fully saturated rings. The van der Waals surface area contributed by atoms with E-state index >= 15 is 0 Å². The maximum Gasteiger partial charge on any atom is 0.369 e.